The fourth-order valence-electron chi connectivity index (χ4n) is 5.19. The van der Waals surface area contributed by atoms with Gasteiger partial charge in [0.2, 0.25) is 0 Å². The van der Waals surface area contributed by atoms with E-state index in [4.69, 9.17) is 14.2 Å². The third-order valence-electron chi connectivity index (χ3n) is 6.77. The number of rotatable bonds is 7. The molecule has 0 aliphatic heterocycles. The molecule has 0 bridgehead atoms. The van der Waals surface area contributed by atoms with Crippen LogP contribution < -0.4 is 5.32 Å². The highest BCUT2D eigenvalue weighted by Gasteiger charge is 2.63. The highest BCUT2D eigenvalue weighted by atomic mass is 16.7. The maximum Gasteiger partial charge on any atom is 0.410 e. The number of hydrogen-bond acceptors (Lipinski definition) is 5. The number of carbonyl (C=O) groups excluding carboxylic acids is 1. The van der Waals surface area contributed by atoms with Gasteiger partial charge in [0.1, 0.15) is 5.75 Å². The summed E-state index contributed by atoms with van der Waals surface area (Å²) >= 11 is 0. The molecule has 1 aliphatic rings. The zero-order chi connectivity index (χ0) is 25.2. The summed E-state index contributed by atoms with van der Waals surface area (Å²) in [5.74, 6) is -1.60. The van der Waals surface area contributed by atoms with E-state index in [0.29, 0.717) is 11.1 Å². The molecule has 1 unspecified atom stereocenters. The average molecular weight is 482 g/mol. The minimum Gasteiger partial charge on any atom is -0.508 e. The van der Waals surface area contributed by atoms with Crippen LogP contribution in [-0.2, 0) is 32.1 Å². The zero-order valence-corrected chi connectivity index (χ0v) is 20.1. The van der Waals surface area contributed by atoms with Crippen LogP contribution in [0.15, 0.2) is 103 Å². The van der Waals surface area contributed by atoms with Gasteiger partial charge in [0.15, 0.2) is 5.60 Å². The van der Waals surface area contributed by atoms with Crippen molar-refractivity contribution in [2.45, 2.75) is 17.9 Å². The number of phenols is 1. The van der Waals surface area contributed by atoms with Gasteiger partial charge in [-0.3, -0.25) is 0 Å². The Morgan fingerprint density at radius 3 is 1.94 bits per heavy atom. The Kier molecular flexibility index (Phi) is 6.22. The summed E-state index contributed by atoms with van der Waals surface area (Å²) in [7, 11) is 3.10. The van der Waals surface area contributed by atoms with Gasteiger partial charge >= 0.3 is 6.09 Å². The Labute approximate surface area is 210 Å². The molecule has 0 radical (unpaired) electrons. The van der Waals surface area contributed by atoms with Gasteiger partial charge in [-0.05, 0) is 17.2 Å². The minimum absolute atomic E-state index is 0.0766. The van der Waals surface area contributed by atoms with E-state index in [1.807, 2.05) is 78.9 Å². The van der Waals surface area contributed by atoms with Crippen LogP contribution in [0.4, 0.5) is 4.79 Å². The second kappa shape index (κ2) is 9.49. The first-order valence-electron chi connectivity index (χ1n) is 11.7. The Hall–Kier alpha value is -4.13. The second-order valence-corrected chi connectivity index (χ2v) is 8.53. The SMILES string of the molecule is COC(OC(=O)NCc1ccccc1O)(c1ccccc1)C1(OC)c2ccccc2-c2ccccc21. The maximum atomic E-state index is 13.4. The topological polar surface area (TPSA) is 77.0 Å². The molecule has 1 amide bonds. The number of amides is 1. The number of phenolic OH excluding ortho intramolecular Hbond substituents is 1. The predicted octanol–water partition coefficient (Wildman–Crippen LogP) is 5.69. The van der Waals surface area contributed by atoms with Crippen LogP contribution in [0, 0.1) is 0 Å². The standard InChI is InChI=1S/C30H27NO5/c1-34-29(25-17-9-7-15-23(25)24-16-8-10-18-26(24)29)30(35-2,22-13-4-3-5-14-22)36-28(33)31-20-21-12-6-11-19-27(21)32/h3-19,32H,20H2,1-2H3,(H,31,33). The van der Waals surface area contributed by atoms with Crippen molar-refractivity contribution in [2.75, 3.05) is 14.2 Å². The van der Waals surface area contributed by atoms with Crippen LogP contribution in [-0.4, -0.2) is 25.4 Å². The van der Waals surface area contributed by atoms with Crippen molar-refractivity contribution in [1.82, 2.24) is 5.32 Å². The van der Waals surface area contributed by atoms with Crippen molar-refractivity contribution in [3.8, 4) is 16.9 Å². The Morgan fingerprint density at radius 1 is 0.806 bits per heavy atom. The van der Waals surface area contributed by atoms with Gasteiger partial charge in [-0.15, -0.1) is 0 Å². The smallest absolute Gasteiger partial charge is 0.410 e. The third kappa shape index (κ3) is 3.54. The van der Waals surface area contributed by atoms with Gasteiger partial charge in [0, 0.05) is 43.0 Å². The van der Waals surface area contributed by atoms with Crippen LogP contribution in [0.25, 0.3) is 11.1 Å². The summed E-state index contributed by atoms with van der Waals surface area (Å²) in [6.07, 6.45) is -0.720. The number of nitrogens with one attached hydrogen (secondary N) is 1. The van der Waals surface area contributed by atoms with Crippen molar-refractivity contribution in [2.24, 2.45) is 0 Å². The zero-order valence-electron chi connectivity index (χ0n) is 20.1. The van der Waals surface area contributed by atoms with E-state index in [0.717, 1.165) is 22.3 Å². The molecule has 0 aromatic heterocycles. The molecule has 1 aliphatic carbocycles. The van der Waals surface area contributed by atoms with Gasteiger partial charge in [0.25, 0.3) is 5.79 Å². The Morgan fingerprint density at radius 2 is 1.36 bits per heavy atom. The van der Waals surface area contributed by atoms with E-state index >= 15 is 0 Å². The van der Waals surface area contributed by atoms with Gasteiger partial charge in [-0.2, -0.15) is 0 Å². The minimum atomic E-state index is -1.69. The fourth-order valence-corrected chi connectivity index (χ4v) is 5.19. The van der Waals surface area contributed by atoms with Crippen molar-refractivity contribution in [3.63, 3.8) is 0 Å². The van der Waals surface area contributed by atoms with Crippen LogP contribution in [0.5, 0.6) is 5.75 Å². The first kappa shape index (κ1) is 23.6. The number of para-hydroxylation sites is 1. The van der Waals surface area contributed by atoms with Crippen LogP contribution >= 0.6 is 0 Å². The Bertz CT molecular complexity index is 1340. The molecule has 182 valence electrons. The van der Waals surface area contributed by atoms with E-state index in [-0.39, 0.29) is 12.3 Å². The van der Waals surface area contributed by atoms with Crippen molar-refractivity contribution < 1.29 is 24.1 Å². The van der Waals surface area contributed by atoms with Gasteiger partial charge in [-0.25, -0.2) is 4.79 Å². The molecule has 0 heterocycles. The number of ether oxygens (including phenoxy) is 3. The molecule has 2 N–H and O–H groups in total. The van der Waals surface area contributed by atoms with Gasteiger partial charge < -0.3 is 24.6 Å². The average Bonchev–Trinajstić information content (AvgIpc) is 3.23. The lowest BCUT2D eigenvalue weighted by atomic mass is 9.78. The van der Waals surface area contributed by atoms with Crippen molar-refractivity contribution in [1.29, 1.82) is 0 Å². The number of methoxy groups -OCH3 is 2. The monoisotopic (exact) mass is 481 g/mol. The molecule has 6 heteroatoms. The number of alkyl carbamates (subject to hydrolysis) is 1. The highest BCUT2D eigenvalue weighted by molar-refractivity contribution is 5.81. The largest absolute Gasteiger partial charge is 0.508 e. The lowest BCUT2D eigenvalue weighted by molar-refractivity contribution is -0.293. The molecule has 5 rings (SSSR count). The molecular weight excluding hydrogens is 454 g/mol. The summed E-state index contributed by atoms with van der Waals surface area (Å²) in [6, 6.07) is 31.9. The first-order chi connectivity index (χ1) is 17.6. The number of fused-ring (bicyclic) bond motifs is 3. The third-order valence-corrected chi connectivity index (χ3v) is 6.77. The second-order valence-electron chi connectivity index (χ2n) is 8.53. The number of hydrogen-bond donors (Lipinski definition) is 2. The highest BCUT2D eigenvalue weighted by Crippen LogP contribution is 2.59. The summed E-state index contributed by atoms with van der Waals surface area (Å²) in [5, 5.41) is 12.9. The van der Waals surface area contributed by atoms with E-state index < -0.39 is 17.5 Å². The Balaban J connectivity index is 1.65. The molecule has 6 nitrogen and oxygen atoms in total. The summed E-state index contributed by atoms with van der Waals surface area (Å²) in [5.41, 5.74) is 3.48. The molecule has 0 saturated heterocycles. The quantitative estimate of drug-likeness (QED) is 0.332. The molecule has 4 aromatic rings. The number of carbonyl (C=O) groups is 1. The predicted molar refractivity (Wildman–Crippen MR) is 136 cm³/mol. The summed E-state index contributed by atoms with van der Waals surface area (Å²) in [6.45, 7) is 0.0766. The van der Waals surface area contributed by atoms with E-state index in [9.17, 15) is 9.90 Å². The molecule has 4 aromatic carbocycles. The molecule has 36 heavy (non-hydrogen) atoms. The van der Waals surface area contributed by atoms with E-state index in [2.05, 4.69) is 5.32 Å². The normalized spacial score (nSPS) is 14.8. The molecular formula is C30H27NO5. The lowest BCUT2D eigenvalue weighted by Gasteiger charge is -2.46. The van der Waals surface area contributed by atoms with Gasteiger partial charge in [0.05, 0.1) is 0 Å². The molecule has 1 atom stereocenters. The summed E-state index contributed by atoms with van der Waals surface area (Å²) in [4.78, 5) is 13.4. The first-order valence-corrected chi connectivity index (χ1v) is 11.7. The number of aromatic hydroxyl groups is 1. The number of benzene rings is 4. The van der Waals surface area contributed by atoms with Crippen molar-refractivity contribution in [3.05, 3.63) is 125 Å². The van der Waals surface area contributed by atoms with E-state index in [1.54, 1.807) is 31.4 Å². The van der Waals surface area contributed by atoms with Crippen molar-refractivity contribution >= 4 is 6.09 Å². The summed E-state index contributed by atoms with van der Waals surface area (Å²) < 4.78 is 18.8. The molecule has 0 fully saturated rings. The molecule has 0 saturated carbocycles. The molecule has 0 spiro atoms. The van der Waals surface area contributed by atoms with Crippen LogP contribution in [0.1, 0.15) is 22.3 Å². The van der Waals surface area contributed by atoms with Crippen LogP contribution in [0.3, 0.4) is 0 Å². The van der Waals surface area contributed by atoms with E-state index in [1.165, 1.54) is 7.11 Å². The van der Waals surface area contributed by atoms with Crippen LogP contribution in [0.2, 0.25) is 0 Å². The van der Waals surface area contributed by atoms with Gasteiger partial charge in [-0.1, -0.05) is 97.1 Å². The maximum absolute atomic E-state index is 13.4. The lowest BCUT2D eigenvalue weighted by Crippen LogP contribution is -2.55. The fraction of sp³-hybridized carbons (Fsp3) is 0.167.